The fourth-order valence-corrected chi connectivity index (χ4v) is 5.03. The summed E-state index contributed by atoms with van der Waals surface area (Å²) in [6.07, 6.45) is 3.95. The van der Waals surface area contributed by atoms with Gasteiger partial charge in [0.2, 0.25) is 11.8 Å². The summed E-state index contributed by atoms with van der Waals surface area (Å²) in [6.45, 7) is 2.52. The molecule has 1 fully saturated rings. The van der Waals surface area contributed by atoms with Gasteiger partial charge in [-0.05, 0) is 22.8 Å². The topological polar surface area (TPSA) is 78.9 Å². The van der Waals surface area contributed by atoms with Crippen molar-refractivity contribution in [2.24, 2.45) is 0 Å². The number of rotatable bonds is 2. The van der Waals surface area contributed by atoms with Crippen molar-refractivity contribution in [1.82, 2.24) is 20.2 Å². The maximum Gasteiger partial charge on any atom is 0.235 e. The highest BCUT2D eigenvalue weighted by Gasteiger charge is 2.45. The van der Waals surface area contributed by atoms with E-state index < -0.39 is 11.8 Å². The molecule has 6 nitrogen and oxygen atoms in total. The van der Waals surface area contributed by atoms with Crippen LogP contribution in [-0.2, 0) is 22.7 Å². The molecule has 0 saturated carbocycles. The second-order valence-corrected chi connectivity index (χ2v) is 7.87. The van der Waals surface area contributed by atoms with E-state index in [9.17, 15) is 9.59 Å². The Balaban J connectivity index is 1.57. The molecular weight excluding hydrogens is 364 g/mol. The van der Waals surface area contributed by atoms with E-state index in [4.69, 9.17) is 0 Å². The average molecular weight is 384 g/mol. The van der Waals surface area contributed by atoms with Gasteiger partial charge in [0.25, 0.3) is 0 Å². The zero-order valence-corrected chi connectivity index (χ0v) is 15.7. The number of fused-ring (bicyclic) bond motifs is 1. The van der Waals surface area contributed by atoms with Crippen LogP contribution in [0.4, 0.5) is 0 Å². The van der Waals surface area contributed by atoms with Crippen LogP contribution in [0.2, 0.25) is 0 Å². The summed E-state index contributed by atoms with van der Waals surface area (Å²) in [5, 5.41) is 8.08. The van der Waals surface area contributed by atoms with Crippen LogP contribution in [-0.4, -0.2) is 27.9 Å². The monoisotopic (exact) mass is 384 g/mol. The van der Waals surface area contributed by atoms with Gasteiger partial charge in [-0.2, -0.15) is 0 Å². The molecule has 2 aliphatic heterocycles. The van der Waals surface area contributed by atoms with Crippen molar-refractivity contribution >= 4 is 33.6 Å². The SMILES string of the molecule is O=C1NC(=O)C(c2cn3c4c(cccc24)CNCC3)C1c1c[nH]c2ccccc12. The van der Waals surface area contributed by atoms with Crippen LogP contribution in [0.15, 0.2) is 54.9 Å². The molecule has 2 amide bonds. The highest BCUT2D eigenvalue weighted by molar-refractivity contribution is 6.13. The van der Waals surface area contributed by atoms with Gasteiger partial charge in [0.15, 0.2) is 0 Å². The third kappa shape index (κ3) is 2.32. The Morgan fingerprint density at radius 2 is 1.69 bits per heavy atom. The first-order valence-corrected chi connectivity index (χ1v) is 9.94. The van der Waals surface area contributed by atoms with Crippen molar-refractivity contribution in [3.63, 3.8) is 0 Å². The molecule has 0 radical (unpaired) electrons. The van der Waals surface area contributed by atoms with Crippen molar-refractivity contribution in [2.75, 3.05) is 6.54 Å². The van der Waals surface area contributed by atoms with Gasteiger partial charge < -0.3 is 14.9 Å². The summed E-state index contributed by atoms with van der Waals surface area (Å²) >= 11 is 0. The van der Waals surface area contributed by atoms with Crippen LogP contribution >= 0.6 is 0 Å². The van der Waals surface area contributed by atoms with Crippen LogP contribution in [0, 0.1) is 0 Å². The van der Waals surface area contributed by atoms with Crippen molar-refractivity contribution in [1.29, 1.82) is 0 Å². The first kappa shape index (κ1) is 16.6. The maximum absolute atomic E-state index is 13.0. The van der Waals surface area contributed by atoms with E-state index in [1.165, 1.54) is 5.56 Å². The predicted octanol–water partition coefficient (Wildman–Crippen LogP) is 2.75. The van der Waals surface area contributed by atoms with E-state index in [0.717, 1.165) is 52.6 Å². The van der Waals surface area contributed by atoms with Crippen molar-refractivity contribution in [2.45, 2.75) is 24.9 Å². The number of nitrogens with one attached hydrogen (secondary N) is 3. The Labute approximate surface area is 166 Å². The van der Waals surface area contributed by atoms with Crippen molar-refractivity contribution < 1.29 is 9.59 Å². The fourth-order valence-electron chi connectivity index (χ4n) is 5.03. The number of carbonyl (C=O) groups excluding carboxylic acids is 2. The van der Waals surface area contributed by atoms with Crippen LogP contribution in [0.1, 0.15) is 28.5 Å². The summed E-state index contributed by atoms with van der Waals surface area (Å²) in [6, 6.07) is 14.1. The van der Waals surface area contributed by atoms with Gasteiger partial charge in [-0.25, -0.2) is 0 Å². The summed E-state index contributed by atoms with van der Waals surface area (Å²) < 4.78 is 2.22. The molecule has 29 heavy (non-hydrogen) atoms. The second-order valence-electron chi connectivity index (χ2n) is 7.87. The Morgan fingerprint density at radius 1 is 0.897 bits per heavy atom. The van der Waals surface area contributed by atoms with Gasteiger partial charge in [0.1, 0.15) is 0 Å². The van der Waals surface area contributed by atoms with E-state index in [1.807, 2.05) is 36.5 Å². The molecule has 0 spiro atoms. The third-order valence-electron chi connectivity index (χ3n) is 6.29. The lowest BCUT2D eigenvalue weighted by Gasteiger charge is -2.15. The van der Waals surface area contributed by atoms with E-state index in [-0.39, 0.29) is 11.8 Å². The molecule has 6 rings (SSSR count). The number of hydrogen-bond donors (Lipinski definition) is 3. The van der Waals surface area contributed by atoms with Crippen LogP contribution in [0.3, 0.4) is 0 Å². The zero-order chi connectivity index (χ0) is 19.5. The molecule has 0 bridgehead atoms. The molecule has 2 aromatic heterocycles. The molecule has 4 heterocycles. The van der Waals surface area contributed by atoms with Crippen LogP contribution in [0.5, 0.6) is 0 Å². The number of benzene rings is 2. The van der Waals surface area contributed by atoms with E-state index >= 15 is 0 Å². The molecule has 0 aliphatic carbocycles. The number of amides is 2. The van der Waals surface area contributed by atoms with Gasteiger partial charge in [-0.15, -0.1) is 0 Å². The number of aromatic nitrogens is 2. The number of carbonyl (C=O) groups is 2. The Bertz CT molecular complexity index is 1300. The summed E-state index contributed by atoms with van der Waals surface area (Å²) in [7, 11) is 0. The van der Waals surface area contributed by atoms with Crippen LogP contribution < -0.4 is 10.6 Å². The molecule has 3 N–H and O–H groups in total. The summed E-state index contributed by atoms with van der Waals surface area (Å²) in [4.78, 5) is 29.1. The minimum absolute atomic E-state index is 0.218. The maximum atomic E-state index is 13.0. The first-order chi connectivity index (χ1) is 14.2. The lowest BCUT2D eigenvalue weighted by atomic mass is 9.83. The smallest absolute Gasteiger partial charge is 0.235 e. The fraction of sp³-hybridized carbons (Fsp3) is 0.217. The average Bonchev–Trinajstić information content (AvgIpc) is 3.33. The minimum atomic E-state index is -0.539. The molecular formula is C23H20N4O2. The molecule has 6 heteroatoms. The van der Waals surface area contributed by atoms with Crippen molar-refractivity contribution in [3.05, 3.63) is 71.5 Å². The zero-order valence-electron chi connectivity index (χ0n) is 15.7. The van der Waals surface area contributed by atoms with E-state index in [2.05, 4.69) is 38.5 Å². The summed E-state index contributed by atoms with van der Waals surface area (Å²) in [5.74, 6) is -1.52. The number of imide groups is 1. The Morgan fingerprint density at radius 3 is 2.59 bits per heavy atom. The largest absolute Gasteiger partial charge is 0.361 e. The highest BCUT2D eigenvalue weighted by atomic mass is 16.2. The highest BCUT2D eigenvalue weighted by Crippen LogP contribution is 2.43. The lowest BCUT2D eigenvalue weighted by molar-refractivity contribution is -0.125. The quantitative estimate of drug-likeness (QED) is 0.465. The van der Waals surface area contributed by atoms with Gasteiger partial charge in [-0.1, -0.05) is 36.4 Å². The van der Waals surface area contributed by atoms with Gasteiger partial charge in [-0.3, -0.25) is 14.9 Å². The van der Waals surface area contributed by atoms with Gasteiger partial charge in [0, 0.05) is 48.3 Å². The number of aromatic amines is 1. The van der Waals surface area contributed by atoms with Gasteiger partial charge in [0.05, 0.1) is 17.4 Å². The Hall–Kier alpha value is -3.38. The van der Waals surface area contributed by atoms with Crippen molar-refractivity contribution in [3.8, 4) is 0 Å². The normalized spacial score (nSPS) is 21.7. The third-order valence-corrected chi connectivity index (χ3v) is 6.29. The van der Waals surface area contributed by atoms with E-state index in [0.29, 0.717) is 0 Å². The second kappa shape index (κ2) is 6.06. The number of hydrogen-bond acceptors (Lipinski definition) is 3. The van der Waals surface area contributed by atoms with Crippen LogP contribution in [0.25, 0.3) is 21.8 Å². The molecule has 2 aliphatic rings. The number of H-pyrrole nitrogens is 1. The molecule has 2 aromatic carbocycles. The Kier molecular flexibility index (Phi) is 3.46. The standard InChI is InChI=1S/C23H20N4O2/c28-22-19(16-11-25-18-7-2-1-5-14(16)18)20(23(29)26-22)17-12-27-9-8-24-10-13-4-3-6-15(17)21(13)27/h1-7,11-12,19-20,24-25H,8-10H2,(H,26,28,29). The molecule has 1 saturated heterocycles. The number of nitrogens with zero attached hydrogens (tertiary/aromatic N) is 1. The number of para-hydroxylation sites is 2. The molecule has 4 aromatic rings. The molecule has 2 atom stereocenters. The first-order valence-electron chi connectivity index (χ1n) is 9.94. The minimum Gasteiger partial charge on any atom is -0.361 e. The lowest BCUT2D eigenvalue weighted by Crippen LogP contribution is -2.21. The predicted molar refractivity (Wildman–Crippen MR) is 111 cm³/mol. The van der Waals surface area contributed by atoms with E-state index in [1.54, 1.807) is 0 Å². The molecule has 144 valence electrons. The van der Waals surface area contributed by atoms with Gasteiger partial charge >= 0.3 is 0 Å². The summed E-state index contributed by atoms with van der Waals surface area (Å²) in [5.41, 5.74) is 5.16. The molecule has 2 unspecified atom stereocenters.